The molecule has 12 aliphatic rings. The van der Waals surface area contributed by atoms with Crippen LogP contribution in [-0.2, 0) is 65.6 Å². The van der Waals surface area contributed by atoms with Crippen LogP contribution in [-0.4, -0.2) is 95.8 Å². The Morgan fingerprint density at radius 2 is 1.23 bits per heavy atom. The number of piperidine rings is 2. The van der Waals surface area contributed by atoms with E-state index in [1.807, 2.05) is 67.4 Å². The first kappa shape index (κ1) is 67.7. The summed E-state index contributed by atoms with van der Waals surface area (Å²) in [6, 6.07) is 24.1. The third-order valence-corrected chi connectivity index (χ3v) is 31.1. The Kier molecular flexibility index (Phi) is 17.8. The number of allylic oxidation sites excluding steroid dienone is 2. The molecule has 4 saturated carbocycles. The van der Waals surface area contributed by atoms with Gasteiger partial charge in [-0.05, 0) is 261 Å². The van der Waals surface area contributed by atoms with Crippen LogP contribution in [0.1, 0.15) is 184 Å². The molecule has 0 radical (unpaired) electrons. The second-order valence-corrected chi connectivity index (χ2v) is 38.1. The van der Waals surface area contributed by atoms with Crippen molar-refractivity contribution in [2.75, 3.05) is 13.1 Å². The molecule has 5 aromatic rings. The maximum atomic E-state index is 13.6. The van der Waals surface area contributed by atoms with Crippen LogP contribution in [0.15, 0.2) is 123 Å². The number of fused-ring (bicyclic) bond motifs is 14. The largest absolute Gasteiger partial charge is 0.445 e. The molecule has 97 heavy (non-hydrogen) atoms. The van der Waals surface area contributed by atoms with Gasteiger partial charge in [0.25, 0.3) is 19.1 Å². The Hall–Kier alpha value is -5.10. The first-order valence-corrected chi connectivity index (χ1v) is 40.8. The monoisotopic (exact) mass is 1380 g/mol. The van der Waals surface area contributed by atoms with Crippen LogP contribution in [0.25, 0.3) is 0 Å². The van der Waals surface area contributed by atoms with Gasteiger partial charge in [0.2, 0.25) is 0 Å². The average Bonchev–Trinajstić information content (AvgIpc) is 1.62. The molecular weight excluding hydrogens is 1270 g/mol. The van der Waals surface area contributed by atoms with E-state index in [-0.39, 0.29) is 45.7 Å². The minimum atomic E-state index is -3.69. The van der Waals surface area contributed by atoms with Crippen molar-refractivity contribution in [3.8, 4) is 0 Å². The standard InChI is InChI=1S/C37H49N3O3.C36H49N3O3S.C7H7ClO2S/c1-22-14-33-34(40(20-22)35(41)42-21-25-8-6-5-7-9-25)24(3)37(43-33)13-12-28-29-11-10-27-15-32-26(19-38-39-32)18-36(27,4)31(29)16-30(28)23(2)17-37;1-21-6-9-27(10-7-21)43(40,41)39-20-25-18-35(5)26(15-32(25)38-39)8-11-29-28-12-13-36(17-23(3)30(28)16-31(29)35)24(4)34-33(42-36)14-22(2)19-37-34;1-6-2-4-7(5-3-6)11(8,9)10/h5-9,19,22,24,27-29,31,33-34H,10-18,20-21H2,1-4H3,(H,38,39);6-7,9-10,20,22,24,26,28-29,31,33-34,37H,8,11-19H2,1-5H3;2-5H,1H3/t22-,24+,27+,28-,29-,31-,33+,34-,36-,37-;22-,24+,26+,28-,29-,31-,33+,34-,35-,36-;/m00./s1. The summed E-state index contributed by atoms with van der Waals surface area (Å²) in [7, 11) is -2.16. The second-order valence-electron chi connectivity index (χ2n) is 33.8. The van der Waals surface area contributed by atoms with Crippen molar-refractivity contribution in [1.82, 2.24) is 29.6 Å². The van der Waals surface area contributed by atoms with E-state index < -0.39 is 19.1 Å². The number of hydrogen-bond donors (Lipinski definition) is 2. The molecule has 1 amide bonds. The molecule has 2 spiro atoms. The normalized spacial score (nSPS) is 38.4. The van der Waals surface area contributed by atoms with Crippen LogP contribution in [0.2, 0.25) is 0 Å². The number of aromatic amines is 1. The second kappa shape index (κ2) is 25.5. The Morgan fingerprint density at radius 1 is 0.660 bits per heavy atom. The predicted molar refractivity (Wildman–Crippen MR) is 379 cm³/mol. The third kappa shape index (κ3) is 12.0. The summed E-state index contributed by atoms with van der Waals surface area (Å²) in [6.07, 6.45) is 25.2. The number of nitrogens with one attached hydrogen (secondary N) is 2. The molecule has 522 valence electrons. The maximum absolute atomic E-state index is 13.6. The fourth-order valence-corrected chi connectivity index (χ4v) is 25.0. The summed E-state index contributed by atoms with van der Waals surface area (Å²) in [5, 5.41) is 16.3. The lowest BCUT2D eigenvalue weighted by Gasteiger charge is -2.52. The quantitative estimate of drug-likeness (QED) is 0.127. The van der Waals surface area contributed by atoms with Gasteiger partial charge in [0.1, 0.15) is 6.61 Å². The first-order chi connectivity index (χ1) is 46.2. The van der Waals surface area contributed by atoms with Crippen molar-refractivity contribution >= 4 is 35.8 Å². The van der Waals surface area contributed by atoms with Crippen molar-refractivity contribution in [2.45, 2.75) is 237 Å². The number of rotatable bonds is 5. The molecule has 0 bridgehead atoms. The Bertz CT molecular complexity index is 4100. The molecule has 2 N–H and O–H groups in total. The molecule has 8 fully saturated rings. The number of halogens is 1. The molecule has 4 saturated heterocycles. The predicted octanol–water partition coefficient (Wildman–Crippen LogP) is 15.9. The number of hydrogen-bond acceptors (Lipinski definition) is 11. The number of aromatic nitrogens is 4. The average molecular weight is 1380 g/mol. The van der Waals surface area contributed by atoms with Crippen molar-refractivity contribution in [3.05, 3.63) is 153 Å². The number of carbonyl (C=O) groups is 1. The van der Waals surface area contributed by atoms with E-state index >= 15 is 0 Å². The van der Waals surface area contributed by atoms with Crippen molar-refractivity contribution in [2.24, 2.45) is 81.8 Å². The molecular formula is C80H105ClN6O8S2. The molecule has 14 nitrogen and oxygen atoms in total. The first-order valence-electron chi connectivity index (χ1n) is 37.1. The van der Waals surface area contributed by atoms with Crippen LogP contribution in [0.3, 0.4) is 0 Å². The van der Waals surface area contributed by atoms with Crippen LogP contribution < -0.4 is 5.32 Å². The molecule has 20 atom stereocenters. The number of carbonyl (C=O) groups excluding carboxylic acids is 1. The van der Waals surface area contributed by atoms with E-state index in [1.54, 1.807) is 46.6 Å². The van der Waals surface area contributed by atoms with E-state index in [0.717, 1.165) is 103 Å². The van der Waals surface area contributed by atoms with Crippen LogP contribution in [0.4, 0.5) is 4.79 Å². The zero-order chi connectivity index (χ0) is 67.9. The summed E-state index contributed by atoms with van der Waals surface area (Å²) in [5.41, 5.74) is 15.2. The minimum Gasteiger partial charge on any atom is -0.445 e. The van der Waals surface area contributed by atoms with Crippen LogP contribution in [0, 0.1) is 95.7 Å². The Morgan fingerprint density at radius 3 is 1.85 bits per heavy atom. The number of likely N-dealkylation sites (tertiary alicyclic amines) is 1. The minimum absolute atomic E-state index is 0.0122. The number of H-pyrrole nitrogens is 1. The van der Waals surface area contributed by atoms with Crippen LogP contribution in [0.5, 0.6) is 0 Å². The van der Waals surface area contributed by atoms with Crippen molar-refractivity contribution in [1.29, 1.82) is 0 Å². The van der Waals surface area contributed by atoms with Gasteiger partial charge in [-0.15, -0.1) is 0 Å². The van der Waals surface area contributed by atoms with E-state index in [0.29, 0.717) is 70.5 Å². The summed E-state index contributed by atoms with van der Waals surface area (Å²) >= 11 is 0. The lowest BCUT2D eigenvalue weighted by molar-refractivity contribution is -0.0794. The highest BCUT2D eigenvalue weighted by atomic mass is 35.7. The maximum Gasteiger partial charge on any atom is 0.410 e. The number of nitrogens with zero attached hydrogens (tertiary/aromatic N) is 4. The molecule has 17 heteroatoms. The zero-order valence-corrected chi connectivity index (χ0v) is 61.4. The van der Waals surface area contributed by atoms with Gasteiger partial charge < -0.3 is 24.4 Å². The Labute approximate surface area is 582 Å². The van der Waals surface area contributed by atoms with Gasteiger partial charge in [-0.3, -0.25) is 5.10 Å². The highest BCUT2D eigenvalue weighted by molar-refractivity contribution is 8.13. The Balaban J connectivity index is 0.000000137. The topological polar surface area (TPSA) is 175 Å². The van der Waals surface area contributed by atoms with Gasteiger partial charge in [-0.1, -0.05) is 130 Å². The number of aryl methyl sites for hydroxylation is 2. The number of benzene rings is 3. The summed E-state index contributed by atoms with van der Waals surface area (Å²) in [5.74, 6) is 7.59. The molecule has 17 rings (SSSR count). The van der Waals surface area contributed by atoms with Gasteiger partial charge in [0, 0.05) is 47.0 Å². The molecule has 6 heterocycles. The van der Waals surface area contributed by atoms with E-state index in [1.165, 1.54) is 105 Å². The number of amides is 1. The molecule has 4 aliphatic heterocycles. The summed E-state index contributed by atoms with van der Waals surface area (Å²) < 4.78 is 69.9. The smallest absolute Gasteiger partial charge is 0.410 e. The lowest BCUT2D eigenvalue weighted by atomic mass is 9.52. The summed E-state index contributed by atoms with van der Waals surface area (Å²) in [4.78, 5) is 16.1. The molecule has 2 aromatic heterocycles. The highest BCUT2D eigenvalue weighted by Gasteiger charge is 2.63. The summed E-state index contributed by atoms with van der Waals surface area (Å²) in [6.45, 7) is 25.5. The fraction of sp³-hybridized carbons (Fsp3) is 0.637. The van der Waals surface area contributed by atoms with Gasteiger partial charge in [0.15, 0.2) is 0 Å². The van der Waals surface area contributed by atoms with Crippen molar-refractivity contribution < 1.29 is 35.8 Å². The highest BCUT2D eigenvalue weighted by Crippen LogP contribution is 2.67. The van der Waals surface area contributed by atoms with Gasteiger partial charge >= 0.3 is 6.09 Å². The lowest BCUT2D eigenvalue weighted by Crippen LogP contribution is -2.54. The molecule has 8 aliphatic carbocycles. The molecule has 0 unspecified atom stereocenters. The zero-order valence-electron chi connectivity index (χ0n) is 59.0. The van der Waals surface area contributed by atoms with Gasteiger partial charge in [0.05, 0.1) is 51.1 Å². The fourth-order valence-electron chi connectivity index (χ4n) is 23.0. The van der Waals surface area contributed by atoms with E-state index in [2.05, 4.69) is 77.1 Å². The van der Waals surface area contributed by atoms with Crippen LogP contribution >= 0.6 is 10.7 Å². The molecule has 3 aromatic carbocycles. The third-order valence-electron chi connectivity index (χ3n) is 28.2. The SMILES string of the molecule is CC1=C2C[C@H]3[C@@H](CC[C@@H]4Cc5[nH]ncc5C[C@@]43C)[C@@H]2CC[C@@]2(C1)O[C@@H]1C[C@H](C)CN(C(=O)OCc3ccccc3)[C@H]1[C@H]2C.CC1=C2C[C@H]3[C@@H](CC[C@@H]4Cc5nn(S(=O)(=O)c6ccc(C)cc6)cc5C[C@@]43C)[C@@H]2CC[C@@]2(C1)O[C@@H]1C[C@H](C)CN[C@H]1[C@H]2C.Cc1ccc(S(=O)(=O)Cl)cc1. The number of ether oxygens (including phenoxy) is 3. The van der Waals surface area contributed by atoms with Crippen molar-refractivity contribution in [3.63, 3.8) is 0 Å². The van der Waals surface area contributed by atoms with Gasteiger partial charge in [-0.25, -0.2) is 13.2 Å². The van der Waals surface area contributed by atoms with Gasteiger partial charge in [-0.2, -0.15) is 22.7 Å². The van der Waals surface area contributed by atoms with E-state index in [4.69, 9.17) is 30.0 Å². The van der Waals surface area contributed by atoms with E-state index in [9.17, 15) is 21.6 Å².